The lowest BCUT2D eigenvalue weighted by Crippen LogP contribution is -2.31. The van der Waals surface area contributed by atoms with Crippen LogP contribution >= 0.6 is 0 Å². The molecular weight excluding hydrogens is 418 g/mol. The van der Waals surface area contributed by atoms with E-state index in [-0.39, 0.29) is 24.4 Å². The van der Waals surface area contributed by atoms with Crippen LogP contribution in [0.5, 0.6) is 0 Å². The van der Waals surface area contributed by atoms with Gasteiger partial charge >= 0.3 is 0 Å². The van der Waals surface area contributed by atoms with E-state index in [2.05, 4.69) is 25.7 Å². The van der Waals surface area contributed by atoms with E-state index in [9.17, 15) is 9.59 Å². The van der Waals surface area contributed by atoms with E-state index in [0.717, 1.165) is 42.8 Å². The van der Waals surface area contributed by atoms with Gasteiger partial charge in [0.15, 0.2) is 0 Å². The molecule has 0 spiro atoms. The molecule has 0 bridgehead atoms. The van der Waals surface area contributed by atoms with Crippen LogP contribution in [0.2, 0.25) is 0 Å². The zero-order valence-electron chi connectivity index (χ0n) is 19.2. The number of aryl methyl sites for hydroxylation is 1. The molecule has 1 aliphatic rings. The smallest absolute Gasteiger partial charge is 0.251 e. The van der Waals surface area contributed by atoms with E-state index in [1.54, 1.807) is 35.4 Å². The molecule has 2 N–H and O–H groups in total. The average Bonchev–Trinajstić information content (AvgIpc) is 3.47. The van der Waals surface area contributed by atoms with Crippen LogP contribution in [0.15, 0.2) is 42.9 Å². The van der Waals surface area contributed by atoms with Crippen molar-refractivity contribution in [2.24, 2.45) is 0 Å². The Labute approximate surface area is 193 Å². The molecule has 4 rings (SSSR count). The van der Waals surface area contributed by atoms with E-state index in [4.69, 9.17) is 0 Å². The number of amides is 2. The normalized spacial score (nSPS) is 13.4. The highest BCUT2D eigenvalue weighted by atomic mass is 16.2. The molecule has 0 aliphatic carbocycles. The summed E-state index contributed by atoms with van der Waals surface area (Å²) in [5, 5.41) is 10.3. The van der Waals surface area contributed by atoms with Gasteiger partial charge in [-0.3, -0.25) is 14.3 Å². The highest BCUT2D eigenvalue weighted by Gasteiger charge is 2.18. The summed E-state index contributed by atoms with van der Waals surface area (Å²) in [6.45, 7) is 7.68. The standard InChI is InChI=1S/C24H29N7O2/c1-16(2)27-23(33)19-8-6-18(7-9-19)22-17(3)12-25-24(29-22)28-20-13-26-31(14-20)15-21(32)30-10-4-5-11-30/h6-9,12-14,16H,4-5,10-11,15H2,1-3H3,(H,27,33)(H,25,28,29). The maximum atomic E-state index is 12.3. The van der Waals surface area contributed by atoms with E-state index in [1.807, 2.05) is 37.8 Å². The number of hydrogen-bond acceptors (Lipinski definition) is 6. The van der Waals surface area contributed by atoms with Gasteiger partial charge in [-0.05, 0) is 51.3 Å². The molecule has 1 aromatic carbocycles. The number of likely N-dealkylation sites (tertiary alicyclic amines) is 1. The van der Waals surface area contributed by atoms with E-state index in [0.29, 0.717) is 17.2 Å². The minimum absolute atomic E-state index is 0.0811. The Hall–Kier alpha value is -3.75. The van der Waals surface area contributed by atoms with Gasteiger partial charge in [0.25, 0.3) is 5.91 Å². The van der Waals surface area contributed by atoms with Gasteiger partial charge in [0.05, 0.1) is 17.6 Å². The van der Waals surface area contributed by atoms with Crippen molar-refractivity contribution in [2.45, 2.75) is 46.2 Å². The van der Waals surface area contributed by atoms with Crippen LogP contribution in [0, 0.1) is 6.92 Å². The number of aromatic nitrogens is 4. The molecule has 2 aromatic heterocycles. The first-order chi connectivity index (χ1) is 15.9. The number of carbonyl (C=O) groups is 2. The fourth-order valence-corrected chi connectivity index (χ4v) is 3.77. The van der Waals surface area contributed by atoms with Crippen LogP contribution < -0.4 is 10.6 Å². The Balaban J connectivity index is 1.45. The molecule has 9 nitrogen and oxygen atoms in total. The van der Waals surface area contributed by atoms with Gasteiger partial charge in [-0.25, -0.2) is 9.97 Å². The predicted molar refractivity (Wildman–Crippen MR) is 126 cm³/mol. The maximum Gasteiger partial charge on any atom is 0.251 e. The molecular formula is C24H29N7O2. The number of anilines is 2. The molecule has 3 heterocycles. The lowest BCUT2D eigenvalue weighted by molar-refractivity contribution is -0.130. The van der Waals surface area contributed by atoms with Gasteiger partial charge in [-0.1, -0.05) is 12.1 Å². The molecule has 0 atom stereocenters. The highest BCUT2D eigenvalue weighted by molar-refractivity contribution is 5.94. The summed E-state index contributed by atoms with van der Waals surface area (Å²) < 4.78 is 1.62. The van der Waals surface area contributed by atoms with Crippen molar-refractivity contribution in [3.8, 4) is 11.3 Å². The first-order valence-electron chi connectivity index (χ1n) is 11.2. The second-order valence-electron chi connectivity index (χ2n) is 8.57. The average molecular weight is 448 g/mol. The highest BCUT2D eigenvalue weighted by Crippen LogP contribution is 2.23. The molecule has 9 heteroatoms. The second-order valence-corrected chi connectivity index (χ2v) is 8.57. The van der Waals surface area contributed by atoms with Gasteiger partial charge in [0.1, 0.15) is 6.54 Å². The Bertz CT molecular complexity index is 1130. The summed E-state index contributed by atoms with van der Waals surface area (Å²) in [5.74, 6) is 0.419. The summed E-state index contributed by atoms with van der Waals surface area (Å²) >= 11 is 0. The molecule has 1 saturated heterocycles. The van der Waals surface area contributed by atoms with Crippen LogP contribution in [0.3, 0.4) is 0 Å². The van der Waals surface area contributed by atoms with E-state index >= 15 is 0 Å². The quantitative estimate of drug-likeness (QED) is 0.576. The maximum absolute atomic E-state index is 12.3. The van der Waals surface area contributed by atoms with Crippen molar-refractivity contribution in [2.75, 3.05) is 18.4 Å². The van der Waals surface area contributed by atoms with Crippen LogP contribution in [-0.4, -0.2) is 55.6 Å². The minimum Gasteiger partial charge on any atom is -0.350 e. The molecule has 33 heavy (non-hydrogen) atoms. The lowest BCUT2D eigenvalue weighted by Gasteiger charge is -2.14. The van der Waals surface area contributed by atoms with Crippen LogP contribution in [0.1, 0.15) is 42.6 Å². The number of nitrogens with one attached hydrogen (secondary N) is 2. The van der Waals surface area contributed by atoms with E-state index in [1.165, 1.54) is 0 Å². The Kier molecular flexibility index (Phi) is 6.67. The Morgan fingerprint density at radius 3 is 2.52 bits per heavy atom. The van der Waals surface area contributed by atoms with Crippen LogP contribution in [-0.2, 0) is 11.3 Å². The van der Waals surface area contributed by atoms with Gasteiger partial charge in [-0.2, -0.15) is 5.10 Å². The summed E-state index contributed by atoms with van der Waals surface area (Å²) in [6, 6.07) is 7.44. The van der Waals surface area contributed by atoms with Gasteiger partial charge < -0.3 is 15.5 Å². The van der Waals surface area contributed by atoms with Crippen LogP contribution in [0.4, 0.5) is 11.6 Å². The zero-order chi connectivity index (χ0) is 23.4. The molecule has 3 aromatic rings. The molecule has 0 radical (unpaired) electrons. The largest absolute Gasteiger partial charge is 0.350 e. The van der Waals surface area contributed by atoms with Crippen LogP contribution in [0.25, 0.3) is 11.3 Å². The Morgan fingerprint density at radius 1 is 1.09 bits per heavy atom. The molecule has 1 aliphatic heterocycles. The monoisotopic (exact) mass is 447 g/mol. The number of nitrogens with zero attached hydrogens (tertiary/aromatic N) is 5. The van der Waals surface area contributed by atoms with Crippen molar-refractivity contribution in [1.29, 1.82) is 0 Å². The predicted octanol–water partition coefficient (Wildman–Crippen LogP) is 3.15. The lowest BCUT2D eigenvalue weighted by atomic mass is 10.1. The SMILES string of the molecule is Cc1cnc(Nc2cnn(CC(=O)N3CCCC3)c2)nc1-c1ccc(C(=O)NC(C)C)cc1. The summed E-state index contributed by atoms with van der Waals surface area (Å²) in [7, 11) is 0. The first-order valence-corrected chi connectivity index (χ1v) is 11.2. The molecule has 2 amide bonds. The first kappa shape index (κ1) is 22.4. The third kappa shape index (κ3) is 5.54. The molecule has 0 unspecified atom stereocenters. The number of rotatable bonds is 7. The van der Waals surface area contributed by atoms with Crippen molar-refractivity contribution < 1.29 is 9.59 Å². The molecule has 0 saturated carbocycles. The number of hydrogen-bond donors (Lipinski definition) is 2. The molecule has 1 fully saturated rings. The Morgan fingerprint density at radius 2 is 1.82 bits per heavy atom. The van der Waals surface area contributed by atoms with E-state index < -0.39 is 0 Å². The zero-order valence-corrected chi connectivity index (χ0v) is 19.2. The van der Waals surface area contributed by atoms with Gasteiger partial charge in [0, 0.05) is 42.7 Å². The minimum atomic E-state index is -0.0986. The number of carbonyl (C=O) groups excluding carboxylic acids is 2. The summed E-state index contributed by atoms with van der Waals surface area (Å²) in [4.78, 5) is 35.4. The van der Waals surface area contributed by atoms with Crippen molar-refractivity contribution in [3.05, 3.63) is 54.0 Å². The molecule has 172 valence electrons. The summed E-state index contributed by atoms with van der Waals surface area (Å²) in [6.07, 6.45) is 7.32. The topological polar surface area (TPSA) is 105 Å². The van der Waals surface area contributed by atoms with Crippen molar-refractivity contribution in [1.82, 2.24) is 30.0 Å². The van der Waals surface area contributed by atoms with Gasteiger partial charge in [0.2, 0.25) is 11.9 Å². The second kappa shape index (κ2) is 9.81. The van der Waals surface area contributed by atoms with Crippen molar-refractivity contribution >= 4 is 23.5 Å². The fourth-order valence-electron chi connectivity index (χ4n) is 3.77. The fraction of sp³-hybridized carbons (Fsp3) is 0.375. The van der Waals surface area contributed by atoms with Gasteiger partial charge in [-0.15, -0.1) is 0 Å². The third-order valence-electron chi connectivity index (χ3n) is 5.46. The third-order valence-corrected chi connectivity index (χ3v) is 5.46. The summed E-state index contributed by atoms with van der Waals surface area (Å²) in [5.41, 5.74) is 3.91. The van der Waals surface area contributed by atoms with Crippen molar-refractivity contribution in [3.63, 3.8) is 0 Å². The number of benzene rings is 1.